The van der Waals surface area contributed by atoms with Crippen LogP contribution in [0, 0.1) is 13.8 Å². The van der Waals surface area contributed by atoms with Gasteiger partial charge in [0.1, 0.15) is 23.0 Å². The van der Waals surface area contributed by atoms with E-state index < -0.39 is 11.9 Å². The van der Waals surface area contributed by atoms with Crippen molar-refractivity contribution in [3.63, 3.8) is 0 Å². The molecule has 3 heterocycles. The summed E-state index contributed by atoms with van der Waals surface area (Å²) in [7, 11) is 1.69. The third-order valence-corrected chi connectivity index (χ3v) is 4.43. The van der Waals surface area contributed by atoms with Crippen LogP contribution in [0.1, 0.15) is 40.5 Å². The summed E-state index contributed by atoms with van der Waals surface area (Å²) < 4.78 is 40.6. The minimum atomic E-state index is -4.52. The monoisotopic (exact) mass is 382 g/mol. The van der Waals surface area contributed by atoms with Gasteiger partial charge in [-0.15, -0.1) is 0 Å². The van der Waals surface area contributed by atoms with Crippen molar-refractivity contribution in [2.24, 2.45) is 7.05 Å². The van der Waals surface area contributed by atoms with Gasteiger partial charge in [0.15, 0.2) is 0 Å². The van der Waals surface area contributed by atoms with Gasteiger partial charge in [-0.1, -0.05) is 0 Å². The van der Waals surface area contributed by atoms with Crippen LogP contribution in [-0.2, 0) is 13.2 Å². The summed E-state index contributed by atoms with van der Waals surface area (Å²) in [6, 6.07) is 2.46. The Morgan fingerprint density at radius 3 is 2.63 bits per heavy atom. The number of carbonyl (C=O) groups excluding carboxylic acids is 1. The molecule has 10 heteroatoms. The van der Waals surface area contributed by atoms with Gasteiger partial charge in [0, 0.05) is 32.2 Å². The average Bonchev–Trinajstić information content (AvgIpc) is 2.92. The maximum Gasteiger partial charge on any atom is 0.433 e. The molecule has 1 unspecified atom stereocenters. The molecule has 1 aliphatic heterocycles. The van der Waals surface area contributed by atoms with Crippen molar-refractivity contribution in [3.8, 4) is 0 Å². The number of rotatable bonds is 3. The first-order chi connectivity index (χ1) is 12.6. The topological polar surface area (TPSA) is 75.9 Å². The number of nitrogens with zero attached hydrogens (tertiary/aromatic N) is 5. The summed E-state index contributed by atoms with van der Waals surface area (Å²) >= 11 is 0. The van der Waals surface area contributed by atoms with Crippen LogP contribution in [0.3, 0.4) is 0 Å². The lowest BCUT2D eigenvalue weighted by Crippen LogP contribution is -2.48. The molecule has 27 heavy (non-hydrogen) atoms. The first kappa shape index (κ1) is 19.1. The number of halogens is 3. The fraction of sp³-hybridized carbons (Fsp3) is 0.529. The molecule has 1 saturated heterocycles. The van der Waals surface area contributed by atoms with Crippen LogP contribution >= 0.6 is 0 Å². The quantitative estimate of drug-likeness (QED) is 0.881. The molecular formula is C17H21F3N6O. The number of hydrogen-bond acceptors (Lipinski definition) is 5. The van der Waals surface area contributed by atoms with Gasteiger partial charge in [0.25, 0.3) is 5.91 Å². The molecular weight excluding hydrogens is 361 g/mol. The van der Waals surface area contributed by atoms with Crippen LogP contribution in [0.25, 0.3) is 0 Å². The summed E-state index contributed by atoms with van der Waals surface area (Å²) in [5, 5.41) is 7.09. The molecule has 0 aliphatic carbocycles. The maximum atomic E-state index is 13.0. The standard InChI is InChI=1S/C17H21F3N6O/c1-10-7-13(25(3)24-10)16(27)23-12-5-4-6-26(9-12)15-8-14(17(18,19)20)21-11(2)22-15/h7-8,12H,4-6,9H2,1-3H3,(H,23,27). The molecule has 0 radical (unpaired) electrons. The van der Waals surface area contributed by atoms with Gasteiger partial charge in [-0.2, -0.15) is 18.3 Å². The summed E-state index contributed by atoms with van der Waals surface area (Å²) in [6.45, 7) is 4.20. The highest BCUT2D eigenvalue weighted by molar-refractivity contribution is 5.92. The van der Waals surface area contributed by atoms with Crippen molar-refractivity contribution in [1.29, 1.82) is 0 Å². The summed E-state index contributed by atoms with van der Waals surface area (Å²) in [4.78, 5) is 21.8. The Bertz CT molecular complexity index is 848. The van der Waals surface area contributed by atoms with E-state index in [-0.39, 0.29) is 23.6 Å². The van der Waals surface area contributed by atoms with Gasteiger partial charge in [-0.05, 0) is 32.8 Å². The summed E-state index contributed by atoms with van der Waals surface area (Å²) in [6.07, 6.45) is -3.04. The highest BCUT2D eigenvalue weighted by Gasteiger charge is 2.34. The Morgan fingerprint density at radius 2 is 2.00 bits per heavy atom. The highest BCUT2D eigenvalue weighted by atomic mass is 19.4. The van der Waals surface area contributed by atoms with E-state index in [0.717, 1.165) is 24.6 Å². The van der Waals surface area contributed by atoms with Gasteiger partial charge >= 0.3 is 6.18 Å². The van der Waals surface area contributed by atoms with Crippen LogP contribution in [0.15, 0.2) is 12.1 Å². The minimum absolute atomic E-state index is 0.0661. The van der Waals surface area contributed by atoms with Crippen molar-refractivity contribution in [2.75, 3.05) is 18.0 Å². The number of nitrogens with one attached hydrogen (secondary N) is 1. The number of amides is 1. The van der Waals surface area contributed by atoms with E-state index in [4.69, 9.17) is 0 Å². The summed E-state index contributed by atoms with van der Waals surface area (Å²) in [5.41, 5.74) is 0.229. The minimum Gasteiger partial charge on any atom is -0.354 e. The second kappa shape index (κ2) is 7.16. The van der Waals surface area contributed by atoms with Gasteiger partial charge in [-0.25, -0.2) is 9.97 Å². The van der Waals surface area contributed by atoms with E-state index in [1.807, 2.05) is 0 Å². The van der Waals surface area contributed by atoms with Crippen LogP contribution in [0.2, 0.25) is 0 Å². The summed E-state index contributed by atoms with van der Waals surface area (Å²) in [5.74, 6) is 0.0429. The third-order valence-electron chi connectivity index (χ3n) is 4.43. The fourth-order valence-electron chi connectivity index (χ4n) is 3.24. The average molecular weight is 382 g/mol. The normalized spacial score (nSPS) is 17.9. The zero-order valence-corrected chi connectivity index (χ0v) is 15.3. The van der Waals surface area contributed by atoms with Crippen LogP contribution in [0.5, 0.6) is 0 Å². The van der Waals surface area contributed by atoms with Crippen molar-refractivity contribution in [3.05, 3.63) is 35.0 Å². The maximum absolute atomic E-state index is 13.0. The number of aromatic nitrogens is 4. The van der Waals surface area contributed by atoms with E-state index in [2.05, 4.69) is 20.4 Å². The van der Waals surface area contributed by atoms with Crippen LogP contribution < -0.4 is 10.2 Å². The molecule has 0 spiro atoms. The number of aryl methyl sites for hydroxylation is 3. The van der Waals surface area contributed by atoms with Gasteiger partial charge in [-0.3, -0.25) is 9.48 Å². The second-order valence-electron chi connectivity index (χ2n) is 6.71. The lowest BCUT2D eigenvalue weighted by atomic mass is 10.1. The molecule has 1 amide bonds. The largest absolute Gasteiger partial charge is 0.433 e. The second-order valence-corrected chi connectivity index (χ2v) is 6.71. The van der Waals surface area contributed by atoms with Crippen molar-refractivity contribution in [2.45, 2.75) is 38.9 Å². The predicted molar refractivity (Wildman–Crippen MR) is 92.4 cm³/mol. The van der Waals surface area contributed by atoms with E-state index in [0.29, 0.717) is 18.8 Å². The Morgan fingerprint density at radius 1 is 1.26 bits per heavy atom. The molecule has 3 rings (SSSR count). The number of piperidine rings is 1. The molecule has 1 N–H and O–H groups in total. The Labute approximate surface area is 154 Å². The third kappa shape index (κ3) is 4.37. The molecule has 0 saturated carbocycles. The molecule has 2 aromatic heterocycles. The number of hydrogen-bond donors (Lipinski definition) is 1. The number of anilines is 1. The van der Waals surface area contributed by atoms with E-state index >= 15 is 0 Å². The smallest absolute Gasteiger partial charge is 0.354 e. The molecule has 0 aromatic carbocycles. The molecule has 146 valence electrons. The van der Waals surface area contributed by atoms with E-state index in [1.165, 1.54) is 11.6 Å². The van der Waals surface area contributed by atoms with Crippen LogP contribution in [0.4, 0.5) is 19.0 Å². The fourth-order valence-corrected chi connectivity index (χ4v) is 3.24. The lowest BCUT2D eigenvalue weighted by Gasteiger charge is -2.34. The van der Waals surface area contributed by atoms with Gasteiger partial charge in [0.05, 0.1) is 5.69 Å². The zero-order valence-electron chi connectivity index (χ0n) is 15.3. The van der Waals surface area contributed by atoms with Gasteiger partial charge in [0.2, 0.25) is 0 Å². The van der Waals surface area contributed by atoms with Crippen molar-refractivity contribution < 1.29 is 18.0 Å². The predicted octanol–water partition coefficient (Wildman–Crippen LogP) is 2.24. The molecule has 2 aromatic rings. The lowest BCUT2D eigenvalue weighted by molar-refractivity contribution is -0.141. The first-order valence-corrected chi connectivity index (χ1v) is 8.63. The van der Waals surface area contributed by atoms with Crippen molar-refractivity contribution in [1.82, 2.24) is 25.1 Å². The SMILES string of the molecule is Cc1cc(C(=O)NC2CCCN(c3cc(C(F)(F)F)nc(C)n3)C2)n(C)n1. The first-order valence-electron chi connectivity index (χ1n) is 8.63. The molecule has 1 fully saturated rings. The molecule has 7 nitrogen and oxygen atoms in total. The Kier molecular flexibility index (Phi) is 5.07. The molecule has 1 aliphatic rings. The Balaban J connectivity index is 1.74. The molecule has 1 atom stereocenters. The van der Waals surface area contributed by atoms with Crippen molar-refractivity contribution >= 4 is 11.7 Å². The highest BCUT2D eigenvalue weighted by Crippen LogP contribution is 2.30. The van der Waals surface area contributed by atoms with Crippen LogP contribution in [-0.4, -0.2) is 44.8 Å². The molecule has 0 bridgehead atoms. The number of alkyl halides is 3. The van der Waals surface area contributed by atoms with E-state index in [9.17, 15) is 18.0 Å². The zero-order chi connectivity index (χ0) is 19.8. The van der Waals surface area contributed by atoms with E-state index in [1.54, 1.807) is 24.9 Å². The van der Waals surface area contributed by atoms with Gasteiger partial charge < -0.3 is 10.2 Å². The Hall–Kier alpha value is -2.65. The number of carbonyl (C=O) groups is 1.